The number of aryl methyl sites for hydroxylation is 2. The lowest BCUT2D eigenvalue weighted by Gasteiger charge is -2.27. The van der Waals surface area contributed by atoms with Gasteiger partial charge in [-0.3, -0.25) is 29.4 Å². The van der Waals surface area contributed by atoms with E-state index in [1.807, 2.05) is 0 Å². The molecule has 168 valence electrons. The van der Waals surface area contributed by atoms with E-state index in [1.165, 1.54) is 6.20 Å². The van der Waals surface area contributed by atoms with Crippen molar-refractivity contribution in [2.24, 2.45) is 0 Å². The molecule has 1 aromatic heterocycles. The highest BCUT2D eigenvalue weighted by Crippen LogP contribution is 2.28. The number of hydrogen-bond acceptors (Lipinski definition) is 8. The molecule has 1 fully saturated rings. The summed E-state index contributed by atoms with van der Waals surface area (Å²) in [6, 6.07) is 3.84. The summed E-state index contributed by atoms with van der Waals surface area (Å²) in [7, 11) is -3.61. The van der Waals surface area contributed by atoms with Crippen LogP contribution >= 0.6 is 11.3 Å². The molecule has 1 aromatic carbocycles. The third-order valence-corrected chi connectivity index (χ3v) is 8.14. The summed E-state index contributed by atoms with van der Waals surface area (Å²) in [4.78, 5) is 53.9. The number of sulfonamides is 1. The summed E-state index contributed by atoms with van der Waals surface area (Å²) >= 11 is 1.09. The van der Waals surface area contributed by atoms with E-state index in [-0.39, 0.29) is 34.7 Å². The second-order valence-electron chi connectivity index (χ2n) is 7.53. The Morgan fingerprint density at radius 3 is 2.62 bits per heavy atom. The number of thiazole rings is 1. The van der Waals surface area contributed by atoms with Crippen molar-refractivity contribution in [3.05, 3.63) is 46.1 Å². The van der Waals surface area contributed by atoms with Gasteiger partial charge in [0.1, 0.15) is 6.04 Å². The van der Waals surface area contributed by atoms with E-state index >= 15 is 0 Å². The number of nitrogens with one attached hydrogen (secondary N) is 2. The molecule has 1 atom stereocenters. The Hall–Kier alpha value is -2.96. The van der Waals surface area contributed by atoms with Gasteiger partial charge in [0, 0.05) is 13.0 Å². The molecule has 4 amide bonds. The van der Waals surface area contributed by atoms with E-state index in [0.717, 1.165) is 21.8 Å². The molecule has 2 aliphatic rings. The van der Waals surface area contributed by atoms with Gasteiger partial charge >= 0.3 is 0 Å². The fourth-order valence-electron chi connectivity index (χ4n) is 3.71. The first-order chi connectivity index (χ1) is 15.2. The molecule has 2 N–H and O–H groups in total. The predicted molar refractivity (Wildman–Crippen MR) is 113 cm³/mol. The van der Waals surface area contributed by atoms with Gasteiger partial charge < -0.3 is 0 Å². The normalized spacial score (nSPS) is 18.8. The Morgan fingerprint density at radius 1 is 1.19 bits per heavy atom. The van der Waals surface area contributed by atoms with Crippen molar-refractivity contribution in [2.45, 2.75) is 42.9 Å². The van der Waals surface area contributed by atoms with E-state index in [0.29, 0.717) is 17.8 Å². The van der Waals surface area contributed by atoms with Gasteiger partial charge in [0.25, 0.3) is 21.8 Å². The fraction of sp³-hybridized carbons (Fsp3) is 0.350. The smallest absolute Gasteiger partial charge is 0.262 e. The molecule has 2 aliphatic heterocycles. The summed E-state index contributed by atoms with van der Waals surface area (Å²) in [5, 5.41) is 2.82. The van der Waals surface area contributed by atoms with Crippen LogP contribution in [0.2, 0.25) is 0 Å². The zero-order valence-electron chi connectivity index (χ0n) is 17.1. The van der Waals surface area contributed by atoms with Crippen LogP contribution in [0.25, 0.3) is 0 Å². The highest BCUT2D eigenvalue weighted by atomic mass is 32.2. The Balaban J connectivity index is 1.39. The maximum absolute atomic E-state index is 12.8. The van der Waals surface area contributed by atoms with Crippen LogP contribution in [-0.4, -0.2) is 54.5 Å². The molecule has 1 saturated heterocycles. The van der Waals surface area contributed by atoms with Crippen molar-refractivity contribution in [2.75, 3.05) is 6.54 Å². The summed E-state index contributed by atoms with van der Waals surface area (Å²) < 4.78 is 27.2. The number of imide groups is 2. The first-order valence-electron chi connectivity index (χ1n) is 9.94. The number of rotatable bonds is 7. The third kappa shape index (κ3) is 4.20. The Labute approximate surface area is 188 Å². The van der Waals surface area contributed by atoms with Gasteiger partial charge in [-0.15, -0.1) is 11.3 Å². The van der Waals surface area contributed by atoms with Crippen LogP contribution in [0.1, 0.15) is 50.5 Å². The number of hydrogen-bond donors (Lipinski definition) is 2. The Bertz CT molecular complexity index is 1240. The molecule has 0 spiro atoms. The predicted octanol–water partition coefficient (Wildman–Crippen LogP) is 0.764. The summed E-state index contributed by atoms with van der Waals surface area (Å²) in [5.41, 5.74) is 1.19. The number of amides is 4. The Morgan fingerprint density at radius 2 is 1.94 bits per heavy atom. The molecule has 1 unspecified atom stereocenters. The van der Waals surface area contributed by atoms with E-state index in [4.69, 9.17) is 0 Å². The maximum atomic E-state index is 12.8. The van der Waals surface area contributed by atoms with Crippen molar-refractivity contribution in [3.63, 3.8) is 0 Å². The van der Waals surface area contributed by atoms with Gasteiger partial charge in [-0.05, 0) is 43.9 Å². The lowest BCUT2D eigenvalue weighted by Crippen LogP contribution is -2.54. The minimum Gasteiger partial charge on any atom is -0.295 e. The molecule has 3 heterocycles. The monoisotopic (exact) mass is 476 g/mol. The van der Waals surface area contributed by atoms with E-state index in [2.05, 4.69) is 15.0 Å². The van der Waals surface area contributed by atoms with Crippen molar-refractivity contribution >= 4 is 45.0 Å². The molecular formula is C20H20N4O6S2. The van der Waals surface area contributed by atoms with Crippen molar-refractivity contribution in [3.8, 4) is 0 Å². The SMILES string of the molecule is Cc1ncc(S(=O)(=O)NCCCc2ccc3c(c2)C(=O)N(C2CCC(=O)NC2=O)C3=O)s1. The van der Waals surface area contributed by atoms with Crippen LogP contribution in [0.5, 0.6) is 0 Å². The number of benzene rings is 1. The number of fused-ring (bicyclic) bond motifs is 1. The zero-order valence-corrected chi connectivity index (χ0v) is 18.7. The van der Waals surface area contributed by atoms with E-state index in [1.54, 1.807) is 25.1 Å². The van der Waals surface area contributed by atoms with E-state index in [9.17, 15) is 27.6 Å². The highest BCUT2D eigenvalue weighted by Gasteiger charge is 2.44. The van der Waals surface area contributed by atoms with Crippen molar-refractivity contribution < 1.29 is 27.6 Å². The standard InChI is InChI=1S/C20H20N4O6S2/c1-11-21-10-17(31-11)32(29,30)22-8-2-3-12-4-5-13-14(9-12)20(28)24(19(13)27)15-6-7-16(25)23-18(15)26/h4-5,9-10,15,22H,2-3,6-8H2,1H3,(H,23,25,26). The van der Waals surface area contributed by atoms with E-state index < -0.39 is 39.7 Å². The van der Waals surface area contributed by atoms with Crippen molar-refractivity contribution in [1.29, 1.82) is 0 Å². The van der Waals surface area contributed by atoms with Crippen LogP contribution in [-0.2, 0) is 26.0 Å². The average molecular weight is 477 g/mol. The van der Waals surface area contributed by atoms with Crippen LogP contribution in [0.15, 0.2) is 28.6 Å². The van der Waals surface area contributed by atoms with Crippen molar-refractivity contribution in [1.82, 2.24) is 19.9 Å². The number of carbonyl (C=O) groups excluding carboxylic acids is 4. The molecule has 4 rings (SSSR count). The molecule has 2 aromatic rings. The zero-order chi connectivity index (χ0) is 23.0. The molecule has 0 aliphatic carbocycles. The summed E-state index contributed by atoms with van der Waals surface area (Å²) in [5.74, 6) is -2.20. The average Bonchev–Trinajstić information content (AvgIpc) is 3.28. The maximum Gasteiger partial charge on any atom is 0.262 e. The molecular weight excluding hydrogens is 456 g/mol. The first-order valence-corrected chi connectivity index (χ1v) is 12.2. The van der Waals surface area contributed by atoms with Gasteiger partial charge in [0.2, 0.25) is 11.8 Å². The third-order valence-electron chi connectivity index (χ3n) is 5.30. The van der Waals surface area contributed by atoms with Gasteiger partial charge in [-0.1, -0.05) is 6.07 Å². The van der Waals surface area contributed by atoms with Crippen LogP contribution in [0.3, 0.4) is 0 Å². The lowest BCUT2D eigenvalue weighted by molar-refractivity contribution is -0.136. The number of piperidine rings is 1. The first kappa shape index (κ1) is 22.2. The van der Waals surface area contributed by atoms with Gasteiger partial charge in [-0.2, -0.15) is 0 Å². The summed E-state index contributed by atoms with van der Waals surface area (Å²) in [6.07, 6.45) is 2.44. The van der Waals surface area contributed by atoms with Crippen LogP contribution < -0.4 is 10.0 Å². The highest BCUT2D eigenvalue weighted by molar-refractivity contribution is 7.91. The molecule has 12 heteroatoms. The second-order valence-corrected chi connectivity index (χ2v) is 10.8. The van der Waals surface area contributed by atoms with Gasteiger partial charge in [-0.25, -0.2) is 18.1 Å². The van der Waals surface area contributed by atoms with Gasteiger partial charge in [0.15, 0.2) is 4.21 Å². The largest absolute Gasteiger partial charge is 0.295 e. The topological polar surface area (TPSA) is 143 Å². The molecule has 0 saturated carbocycles. The minimum atomic E-state index is -3.61. The number of aromatic nitrogens is 1. The molecule has 0 radical (unpaired) electrons. The Kier molecular flexibility index (Phi) is 5.93. The van der Waals surface area contributed by atoms with Gasteiger partial charge in [0.05, 0.1) is 22.3 Å². The fourth-order valence-corrected chi connectivity index (χ4v) is 5.94. The quantitative estimate of drug-likeness (QED) is 0.444. The molecule has 0 bridgehead atoms. The van der Waals surface area contributed by atoms with Crippen LogP contribution in [0.4, 0.5) is 0 Å². The summed E-state index contributed by atoms with van der Waals surface area (Å²) in [6.45, 7) is 1.93. The molecule has 10 nitrogen and oxygen atoms in total. The second kappa shape index (κ2) is 8.52. The molecule has 32 heavy (non-hydrogen) atoms. The lowest BCUT2D eigenvalue weighted by atomic mass is 10.0. The minimum absolute atomic E-state index is 0.0616. The number of nitrogens with zero attached hydrogens (tertiary/aromatic N) is 2. The van der Waals surface area contributed by atoms with Crippen LogP contribution in [0, 0.1) is 6.92 Å². The number of carbonyl (C=O) groups is 4.